The van der Waals surface area contributed by atoms with Crippen LogP contribution in [0.3, 0.4) is 0 Å². The van der Waals surface area contributed by atoms with Crippen molar-refractivity contribution in [2.75, 3.05) is 0 Å². The van der Waals surface area contributed by atoms with Crippen LogP contribution in [-0.4, -0.2) is 11.2 Å². The lowest BCUT2D eigenvalue weighted by atomic mass is 10.2. The maximum Gasteiger partial charge on any atom is 0.412 e. The van der Waals surface area contributed by atoms with E-state index in [0.717, 1.165) is 10.0 Å². The fourth-order valence-electron chi connectivity index (χ4n) is 1.19. The van der Waals surface area contributed by atoms with Gasteiger partial charge in [0.05, 0.1) is 6.07 Å². The number of halogens is 1. The van der Waals surface area contributed by atoms with Gasteiger partial charge < -0.3 is 15.0 Å². The standard InChI is InChI=1S/C10H7BrN2O3/c11-7-3-1-2-6(4-7)8-5-9(16-13-8)15-10(12)14/h1-5H,(H2,12,14). The molecule has 1 aromatic heterocycles. The van der Waals surface area contributed by atoms with Crippen molar-refractivity contribution < 1.29 is 14.1 Å². The first kappa shape index (κ1) is 10.7. The molecule has 2 rings (SSSR count). The Kier molecular flexibility index (Phi) is 2.91. The van der Waals surface area contributed by atoms with Gasteiger partial charge in [-0.15, -0.1) is 0 Å². The second-order valence-electron chi connectivity index (χ2n) is 2.96. The lowest BCUT2D eigenvalue weighted by Crippen LogP contribution is -2.15. The Hall–Kier alpha value is -1.82. The quantitative estimate of drug-likeness (QED) is 0.918. The van der Waals surface area contributed by atoms with Crippen molar-refractivity contribution in [3.05, 3.63) is 34.8 Å². The summed E-state index contributed by atoms with van der Waals surface area (Å²) in [5.74, 6) is -0.0255. The van der Waals surface area contributed by atoms with Crippen LogP contribution in [0.2, 0.25) is 0 Å². The molecule has 0 aliphatic carbocycles. The molecule has 16 heavy (non-hydrogen) atoms. The number of rotatable bonds is 2. The lowest BCUT2D eigenvalue weighted by Gasteiger charge is -1.94. The summed E-state index contributed by atoms with van der Waals surface area (Å²) in [4.78, 5) is 10.5. The fraction of sp³-hybridized carbons (Fsp3) is 0. The van der Waals surface area contributed by atoms with Crippen LogP contribution in [0.25, 0.3) is 11.3 Å². The predicted octanol–water partition coefficient (Wildman–Crippen LogP) is 2.56. The Morgan fingerprint density at radius 1 is 1.44 bits per heavy atom. The SMILES string of the molecule is NC(=O)Oc1cc(-c2cccc(Br)c2)no1. The minimum absolute atomic E-state index is 0.0255. The van der Waals surface area contributed by atoms with Gasteiger partial charge in [-0.2, -0.15) is 0 Å². The summed E-state index contributed by atoms with van der Waals surface area (Å²) < 4.78 is 10.2. The highest BCUT2D eigenvalue weighted by molar-refractivity contribution is 9.10. The third kappa shape index (κ3) is 2.40. The molecule has 0 unspecified atom stereocenters. The zero-order chi connectivity index (χ0) is 11.5. The van der Waals surface area contributed by atoms with Gasteiger partial charge in [-0.25, -0.2) is 4.79 Å². The van der Waals surface area contributed by atoms with E-state index in [0.29, 0.717) is 5.69 Å². The Bertz CT molecular complexity index is 524. The highest BCUT2D eigenvalue weighted by atomic mass is 79.9. The average molecular weight is 283 g/mol. The summed E-state index contributed by atoms with van der Waals surface area (Å²) in [6.07, 6.45) is -0.933. The Labute approximate surface area is 99.3 Å². The molecule has 0 radical (unpaired) electrons. The zero-order valence-corrected chi connectivity index (χ0v) is 9.60. The van der Waals surface area contributed by atoms with E-state index in [-0.39, 0.29) is 5.95 Å². The van der Waals surface area contributed by atoms with Crippen LogP contribution in [0.4, 0.5) is 4.79 Å². The van der Waals surface area contributed by atoms with E-state index in [4.69, 9.17) is 10.3 Å². The average Bonchev–Trinajstić information content (AvgIpc) is 2.65. The lowest BCUT2D eigenvalue weighted by molar-refractivity contribution is 0.190. The van der Waals surface area contributed by atoms with Crippen molar-refractivity contribution in [3.63, 3.8) is 0 Å². The van der Waals surface area contributed by atoms with Crippen molar-refractivity contribution >= 4 is 22.0 Å². The maximum atomic E-state index is 10.5. The van der Waals surface area contributed by atoms with Gasteiger partial charge in [0.2, 0.25) is 0 Å². The Morgan fingerprint density at radius 3 is 2.94 bits per heavy atom. The molecule has 82 valence electrons. The molecule has 1 amide bonds. The number of nitrogens with two attached hydrogens (primary N) is 1. The van der Waals surface area contributed by atoms with Gasteiger partial charge in [0.15, 0.2) is 0 Å². The van der Waals surface area contributed by atoms with Crippen molar-refractivity contribution in [1.82, 2.24) is 5.16 Å². The number of hydrogen-bond donors (Lipinski definition) is 1. The third-order valence-corrected chi connectivity index (χ3v) is 2.30. The van der Waals surface area contributed by atoms with E-state index in [9.17, 15) is 4.79 Å². The normalized spacial score (nSPS) is 10.1. The zero-order valence-electron chi connectivity index (χ0n) is 8.01. The summed E-state index contributed by atoms with van der Waals surface area (Å²) in [6, 6.07) is 8.97. The van der Waals surface area contributed by atoms with Crippen LogP contribution >= 0.6 is 15.9 Å². The number of carbonyl (C=O) groups is 1. The first-order chi connectivity index (χ1) is 7.65. The maximum absolute atomic E-state index is 10.5. The van der Waals surface area contributed by atoms with Crippen molar-refractivity contribution in [2.24, 2.45) is 5.73 Å². The number of hydrogen-bond acceptors (Lipinski definition) is 4. The highest BCUT2D eigenvalue weighted by Gasteiger charge is 2.09. The van der Waals surface area contributed by atoms with Crippen LogP contribution in [0, 0.1) is 0 Å². The summed E-state index contributed by atoms with van der Waals surface area (Å²) in [7, 11) is 0. The molecule has 1 heterocycles. The summed E-state index contributed by atoms with van der Waals surface area (Å²) in [5, 5.41) is 3.75. The number of aromatic nitrogens is 1. The molecule has 2 aromatic rings. The molecule has 0 aliphatic heterocycles. The molecular weight excluding hydrogens is 276 g/mol. The topological polar surface area (TPSA) is 78.4 Å². The van der Waals surface area contributed by atoms with Gasteiger partial charge in [-0.1, -0.05) is 33.2 Å². The van der Waals surface area contributed by atoms with Gasteiger partial charge >= 0.3 is 12.0 Å². The van der Waals surface area contributed by atoms with Gasteiger partial charge in [0.25, 0.3) is 0 Å². The minimum Gasteiger partial charge on any atom is -0.374 e. The third-order valence-electron chi connectivity index (χ3n) is 1.81. The van der Waals surface area contributed by atoms with Crippen LogP contribution in [0.5, 0.6) is 5.95 Å². The molecule has 0 saturated carbocycles. The largest absolute Gasteiger partial charge is 0.412 e. The second kappa shape index (κ2) is 4.36. The number of amides is 1. The minimum atomic E-state index is -0.933. The smallest absolute Gasteiger partial charge is 0.374 e. The number of primary amides is 1. The van der Waals surface area contributed by atoms with Gasteiger partial charge in [0.1, 0.15) is 5.69 Å². The molecule has 0 spiro atoms. The Morgan fingerprint density at radius 2 is 2.25 bits per heavy atom. The summed E-state index contributed by atoms with van der Waals surface area (Å²) in [5.41, 5.74) is 6.25. The molecule has 0 saturated heterocycles. The highest BCUT2D eigenvalue weighted by Crippen LogP contribution is 2.25. The van der Waals surface area contributed by atoms with Gasteiger partial charge in [0, 0.05) is 10.0 Å². The summed E-state index contributed by atoms with van der Waals surface area (Å²) in [6.45, 7) is 0. The van der Waals surface area contributed by atoms with E-state index in [1.165, 1.54) is 6.07 Å². The molecule has 1 aromatic carbocycles. The van der Waals surface area contributed by atoms with Crippen LogP contribution in [0.1, 0.15) is 0 Å². The van der Waals surface area contributed by atoms with E-state index in [2.05, 4.69) is 25.8 Å². The van der Waals surface area contributed by atoms with E-state index in [1.807, 2.05) is 24.3 Å². The molecular formula is C10H7BrN2O3. The van der Waals surface area contributed by atoms with Crippen LogP contribution in [-0.2, 0) is 0 Å². The number of benzene rings is 1. The Balaban J connectivity index is 2.28. The number of ether oxygens (including phenoxy) is 1. The molecule has 5 nitrogen and oxygen atoms in total. The van der Waals surface area contributed by atoms with Crippen molar-refractivity contribution in [1.29, 1.82) is 0 Å². The molecule has 6 heteroatoms. The second-order valence-corrected chi connectivity index (χ2v) is 3.88. The van der Waals surface area contributed by atoms with Gasteiger partial charge in [-0.3, -0.25) is 0 Å². The molecule has 0 bridgehead atoms. The van der Waals surface area contributed by atoms with Crippen LogP contribution in [0.15, 0.2) is 39.3 Å². The van der Waals surface area contributed by atoms with Crippen molar-refractivity contribution in [2.45, 2.75) is 0 Å². The predicted molar refractivity (Wildman–Crippen MR) is 59.9 cm³/mol. The fourth-order valence-corrected chi connectivity index (χ4v) is 1.59. The number of nitrogens with zero attached hydrogens (tertiary/aromatic N) is 1. The first-order valence-electron chi connectivity index (χ1n) is 4.35. The molecule has 0 aliphatic rings. The van der Waals surface area contributed by atoms with Gasteiger partial charge in [-0.05, 0) is 12.1 Å². The number of carbonyl (C=O) groups excluding carboxylic acids is 1. The molecule has 0 atom stereocenters. The van der Waals surface area contributed by atoms with E-state index in [1.54, 1.807) is 0 Å². The van der Waals surface area contributed by atoms with Crippen LogP contribution < -0.4 is 10.5 Å². The monoisotopic (exact) mass is 282 g/mol. The van der Waals surface area contributed by atoms with Crippen molar-refractivity contribution in [3.8, 4) is 17.2 Å². The molecule has 2 N–H and O–H groups in total. The first-order valence-corrected chi connectivity index (χ1v) is 5.14. The summed E-state index contributed by atoms with van der Waals surface area (Å²) >= 11 is 3.34. The molecule has 0 fully saturated rings. The van der Waals surface area contributed by atoms with E-state index >= 15 is 0 Å². The van der Waals surface area contributed by atoms with E-state index < -0.39 is 6.09 Å².